The molecule has 0 aliphatic carbocycles. The first-order valence-electron chi connectivity index (χ1n) is 3.98. The lowest BCUT2D eigenvalue weighted by Crippen LogP contribution is -2.50. The quantitative estimate of drug-likeness (QED) is 0.231. The van der Waals surface area contributed by atoms with Crippen LogP contribution in [0.5, 0.6) is 0 Å². The maximum absolute atomic E-state index is 10.3. The van der Waals surface area contributed by atoms with Gasteiger partial charge in [-0.15, -0.1) is 0 Å². The van der Waals surface area contributed by atoms with Crippen molar-refractivity contribution in [1.82, 2.24) is 0 Å². The first-order valence-corrected chi connectivity index (χ1v) is 5.34. The van der Waals surface area contributed by atoms with E-state index in [0.29, 0.717) is 0 Å². The molecular weight excluding hydrogens is 264 g/mol. The molecule has 100 valence electrons. The van der Waals surface area contributed by atoms with Crippen LogP contribution >= 0.6 is 0 Å². The highest BCUT2D eigenvalue weighted by molar-refractivity contribution is 7.80. The molecule has 0 heterocycles. The van der Waals surface area contributed by atoms with E-state index in [9.17, 15) is 18.0 Å². The molecule has 4 atom stereocenters. The van der Waals surface area contributed by atoms with Gasteiger partial charge in [-0.3, -0.25) is 4.55 Å². The molecule has 0 radical (unpaired) electrons. The molecule has 5 N–H and O–H groups in total. The van der Waals surface area contributed by atoms with E-state index in [4.69, 9.17) is 25.0 Å². The van der Waals surface area contributed by atoms with Gasteiger partial charge >= 0.3 is 16.4 Å². The number of aldehydes is 1. The Morgan fingerprint density at radius 3 is 2.00 bits per heavy atom. The van der Waals surface area contributed by atoms with Crippen molar-refractivity contribution in [2.24, 2.45) is 0 Å². The highest BCUT2D eigenvalue weighted by Crippen LogP contribution is 2.11. The first kappa shape index (κ1) is 15.9. The van der Waals surface area contributed by atoms with Gasteiger partial charge in [-0.25, -0.2) is 8.98 Å². The Hall–Kier alpha value is -1.11. The third-order valence-electron chi connectivity index (χ3n) is 1.62. The van der Waals surface area contributed by atoms with Gasteiger partial charge in [-0.2, -0.15) is 8.42 Å². The van der Waals surface area contributed by atoms with Crippen LogP contribution in [0, 0.1) is 0 Å². The van der Waals surface area contributed by atoms with Gasteiger partial charge in [0, 0.05) is 0 Å². The van der Waals surface area contributed by atoms with Crippen molar-refractivity contribution in [3.05, 3.63) is 0 Å². The summed E-state index contributed by atoms with van der Waals surface area (Å²) in [4.78, 5) is 20.5. The van der Waals surface area contributed by atoms with Crippen LogP contribution in [-0.2, 0) is 24.2 Å². The highest BCUT2D eigenvalue weighted by Gasteiger charge is 2.39. The normalized spacial score (nSPS) is 19.1. The average molecular weight is 274 g/mol. The molecule has 0 aliphatic rings. The van der Waals surface area contributed by atoms with E-state index in [0.717, 1.165) is 0 Å². The Bertz CT molecular complexity index is 374. The van der Waals surface area contributed by atoms with Crippen molar-refractivity contribution in [2.75, 3.05) is 0 Å². The number of aliphatic carboxylic acids is 1. The number of aliphatic hydroxyl groups is 3. The lowest BCUT2D eigenvalue weighted by Gasteiger charge is -2.24. The van der Waals surface area contributed by atoms with Crippen LogP contribution < -0.4 is 0 Å². The molecular formula is C6H10O10S. The summed E-state index contributed by atoms with van der Waals surface area (Å²) in [6.07, 6.45) is -9.85. The van der Waals surface area contributed by atoms with Gasteiger partial charge in [0.1, 0.15) is 18.3 Å². The Labute approximate surface area is 95.0 Å². The van der Waals surface area contributed by atoms with Crippen LogP contribution in [0.3, 0.4) is 0 Å². The number of rotatable bonds is 7. The Kier molecular flexibility index (Phi) is 5.60. The van der Waals surface area contributed by atoms with Crippen LogP contribution in [-0.4, -0.2) is 70.1 Å². The molecule has 11 heteroatoms. The van der Waals surface area contributed by atoms with Crippen LogP contribution in [0.4, 0.5) is 0 Å². The molecule has 0 spiro atoms. The third kappa shape index (κ3) is 5.16. The maximum atomic E-state index is 10.3. The fraction of sp³-hybridized carbons (Fsp3) is 0.667. The van der Waals surface area contributed by atoms with Crippen molar-refractivity contribution >= 4 is 22.7 Å². The predicted molar refractivity (Wildman–Crippen MR) is 48.1 cm³/mol. The third-order valence-corrected chi connectivity index (χ3v) is 2.09. The number of hydrogen-bond acceptors (Lipinski definition) is 8. The Morgan fingerprint density at radius 2 is 1.71 bits per heavy atom. The van der Waals surface area contributed by atoms with Crippen LogP contribution in [0.25, 0.3) is 0 Å². The fourth-order valence-electron chi connectivity index (χ4n) is 0.859. The number of carbonyl (C=O) groups excluding carboxylic acids is 1. The summed E-state index contributed by atoms with van der Waals surface area (Å²) in [5.74, 6) is -1.94. The Morgan fingerprint density at radius 1 is 1.24 bits per heavy atom. The summed E-state index contributed by atoms with van der Waals surface area (Å²) < 4.78 is 32.6. The summed E-state index contributed by atoms with van der Waals surface area (Å²) in [5, 5.41) is 35.3. The number of carboxylic acid groups (broad SMARTS) is 1. The van der Waals surface area contributed by atoms with E-state index >= 15 is 0 Å². The van der Waals surface area contributed by atoms with Crippen molar-refractivity contribution in [2.45, 2.75) is 24.4 Å². The SMILES string of the molecule is O=C[C@H](O)[C@@H](OS(=O)(=O)O)[C@H](O)[C@@H](O)C(=O)O. The molecule has 0 bridgehead atoms. The van der Waals surface area contributed by atoms with Gasteiger partial charge in [0.15, 0.2) is 12.4 Å². The minimum Gasteiger partial charge on any atom is -0.479 e. The fourth-order valence-corrected chi connectivity index (χ4v) is 1.37. The molecule has 0 rings (SSSR count). The van der Waals surface area contributed by atoms with E-state index in [1.807, 2.05) is 0 Å². The molecule has 0 saturated carbocycles. The van der Waals surface area contributed by atoms with E-state index in [-0.39, 0.29) is 6.29 Å². The maximum Gasteiger partial charge on any atom is 0.397 e. The second-order valence-corrected chi connectivity index (χ2v) is 3.94. The van der Waals surface area contributed by atoms with Gasteiger partial charge in [-0.1, -0.05) is 0 Å². The molecule has 17 heavy (non-hydrogen) atoms. The van der Waals surface area contributed by atoms with Crippen LogP contribution in [0.2, 0.25) is 0 Å². The van der Waals surface area contributed by atoms with Crippen molar-refractivity contribution in [3.8, 4) is 0 Å². The minimum atomic E-state index is -5.17. The van der Waals surface area contributed by atoms with Gasteiger partial charge < -0.3 is 25.2 Å². The van der Waals surface area contributed by atoms with Crippen molar-refractivity contribution in [3.63, 3.8) is 0 Å². The van der Waals surface area contributed by atoms with E-state index in [1.165, 1.54) is 0 Å². The zero-order valence-electron chi connectivity index (χ0n) is 8.07. The molecule has 10 nitrogen and oxygen atoms in total. The van der Waals surface area contributed by atoms with Crippen LogP contribution in [0.15, 0.2) is 0 Å². The standard InChI is InChI=1S/C6H10O10S/c7-1-2(8)5(16-17(13,14)15)3(9)4(10)6(11)12/h1-5,8-10H,(H,11,12)(H,13,14,15)/t2-,3+,4+,5+/m0/s1. The lowest BCUT2D eigenvalue weighted by atomic mass is 10.0. The summed E-state index contributed by atoms with van der Waals surface area (Å²) in [6.45, 7) is 0. The molecule has 0 saturated heterocycles. The van der Waals surface area contributed by atoms with Gasteiger partial charge in [-0.05, 0) is 0 Å². The highest BCUT2D eigenvalue weighted by atomic mass is 32.3. The lowest BCUT2D eigenvalue weighted by molar-refractivity contribution is -0.161. The Balaban J connectivity index is 5.05. The summed E-state index contributed by atoms with van der Waals surface area (Å²) in [6, 6.07) is 0. The molecule has 0 aromatic heterocycles. The van der Waals surface area contributed by atoms with E-state index in [2.05, 4.69) is 4.18 Å². The van der Waals surface area contributed by atoms with E-state index in [1.54, 1.807) is 0 Å². The molecule has 0 aromatic carbocycles. The monoisotopic (exact) mass is 274 g/mol. The molecule has 0 aromatic rings. The van der Waals surface area contributed by atoms with Crippen LogP contribution in [0.1, 0.15) is 0 Å². The molecule has 0 fully saturated rings. The largest absolute Gasteiger partial charge is 0.479 e. The smallest absolute Gasteiger partial charge is 0.397 e. The zero-order chi connectivity index (χ0) is 13.8. The van der Waals surface area contributed by atoms with Gasteiger partial charge in [0.2, 0.25) is 0 Å². The van der Waals surface area contributed by atoms with E-state index < -0.39 is 40.8 Å². The second kappa shape index (κ2) is 6.00. The number of carboxylic acids is 1. The molecule has 0 aliphatic heterocycles. The van der Waals surface area contributed by atoms with Gasteiger partial charge in [0.25, 0.3) is 0 Å². The second-order valence-electron chi connectivity index (χ2n) is 2.89. The van der Waals surface area contributed by atoms with Crippen molar-refractivity contribution < 1.29 is 47.2 Å². The average Bonchev–Trinajstić information content (AvgIpc) is 2.21. The summed E-state index contributed by atoms with van der Waals surface area (Å²) in [5.41, 5.74) is 0. The number of hydrogen-bond donors (Lipinski definition) is 5. The summed E-state index contributed by atoms with van der Waals surface area (Å²) >= 11 is 0. The predicted octanol–water partition coefficient (Wildman–Crippen LogP) is -3.46. The molecule has 0 amide bonds. The summed E-state index contributed by atoms with van der Waals surface area (Å²) in [7, 11) is -5.17. The minimum absolute atomic E-state index is 0.270. The number of carbonyl (C=O) groups is 2. The van der Waals surface area contributed by atoms with Gasteiger partial charge in [0.05, 0.1) is 0 Å². The molecule has 0 unspecified atom stereocenters. The number of aliphatic hydroxyl groups excluding tert-OH is 3. The topological polar surface area (TPSA) is 179 Å². The zero-order valence-corrected chi connectivity index (χ0v) is 8.89. The van der Waals surface area contributed by atoms with Crippen molar-refractivity contribution in [1.29, 1.82) is 0 Å². The first-order chi connectivity index (χ1) is 7.60.